The Morgan fingerprint density at radius 2 is 1.97 bits per heavy atom. The smallest absolute Gasteiger partial charge is 0.483 e. The first-order valence-corrected chi connectivity index (χ1v) is 12.7. The van der Waals surface area contributed by atoms with Gasteiger partial charge in [-0.3, -0.25) is 4.90 Å². The average Bonchev–Trinajstić information content (AvgIpc) is 3.40. The number of carboxylic acids is 1. The number of carboxylic acid groups (broad SMARTS) is 1. The van der Waals surface area contributed by atoms with Crippen molar-refractivity contribution in [1.29, 1.82) is 0 Å². The minimum atomic E-state index is -5.08. The highest BCUT2D eigenvalue weighted by atomic mass is 32.2. The summed E-state index contributed by atoms with van der Waals surface area (Å²) in [5, 5.41) is 11.4. The van der Waals surface area contributed by atoms with Gasteiger partial charge in [-0.15, -0.1) is 0 Å². The largest absolute Gasteiger partial charge is 0.490 e. The predicted octanol–water partition coefficient (Wildman–Crippen LogP) is 3.06. The second-order valence-corrected chi connectivity index (χ2v) is 10.6. The van der Waals surface area contributed by atoms with Crippen LogP contribution in [0.1, 0.15) is 12.0 Å². The Morgan fingerprint density at radius 3 is 2.59 bits per heavy atom. The van der Waals surface area contributed by atoms with Gasteiger partial charge in [0.2, 0.25) is 10.0 Å². The molecule has 3 heterocycles. The molecule has 0 radical (unpaired) electrons. The maximum atomic E-state index is 13.2. The molecule has 0 bridgehead atoms. The van der Waals surface area contributed by atoms with Gasteiger partial charge in [-0.1, -0.05) is 12.1 Å². The lowest BCUT2D eigenvalue weighted by Crippen LogP contribution is -2.49. The molecule has 2 aliphatic heterocycles. The number of hydrogen-bond acceptors (Lipinski definition) is 7. The van der Waals surface area contributed by atoms with Crippen LogP contribution in [0.2, 0.25) is 0 Å². The first kappa shape index (κ1) is 26.4. The van der Waals surface area contributed by atoms with E-state index in [1.807, 2.05) is 6.07 Å². The molecule has 0 aliphatic carbocycles. The fraction of sp³-hybridized carbons (Fsp3) is 0.476. The number of likely N-dealkylation sites (tertiary alicyclic amines) is 1. The highest BCUT2D eigenvalue weighted by Gasteiger charge is 2.47. The lowest BCUT2D eigenvalue weighted by molar-refractivity contribution is -0.192. The van der Waals surface area contributed by atoms with E-state index in [1.54, 1.807) is 36.6 Å². The summed E-state index contributed by atoms with van der Waals surface area (Å²) >= 11 is 1.69. The van der Waals surface area contributed by atoms with Crippen LogP contribution in [0, 0.1) is 0 Å². The fourth-order valence-corrected chi connectivity index (χ4v) is 6.14. The van der Waals surface area contributed by atoms with Crippen molar-refractivity contribution in [2.75, 3.05) is 39.9 Å². The number of carbonyl (C=O) groups is 1. The van der Waals surface area contributed by atoms with Crippen LogP contribution in [0.15, 0.2) is 46.0 Å². The number of ether oxygens (including phenoxy) is 2. The molecule has 0 saturated carbocycles. The van der Waals surface area contributed by atoms with E-state index in [0.717, 1.165) is 19.5 Å². The lowest BCUT2D eigenvalue weighted by Gasteiger charge is -2.32. The second-order valence-electron chi connectivity index (χ2n) is 7.96. The van der Waals surface area contributed by atoms with Gasteiger partial charge in [-0.25, -0.2) is 13.2 Å². The number of methoxy groups -OCH3 is 1. The quantitative estimate of drug-likeness (QED) is 0.645. The maximum absolute atomic E-state index is 13.2. The van der Waals surface area contributed by atoms with Crippen LogP contribution < -0.4 is 4.74 Å². The standard InChI is InChI=1S/C19H24N2O4S2.C2HF3O2/c1-24-10-9-21-15-19(7-8-20(14-19)12-16-6-11-26-13-16)25-17-4-2-3-5-18(17)27(21,22)23;3-2(4,5)1(6)7/h2-6,11,13H,7-10,12,14-15H2,1H3;(H,6,7). The summed E-state index contributed by atoms with van der Waals surface area (Å²) in [5.41, 5.74) is 0.749. The summed E-state index contributed by atoms with van der Waals surface area (Å²) in [5.74, 6) is -2.30. The van der Waals surface area contributed by atoms with Gasteiger partial charge in [0.05, 0.1) is 13.2 Å². The van der Waals surface area contributed by atoms with E-state index < -0.39 is 27.8 Å². The zero-order valence-electron chi connectivity index (χ0n) is 18.3. The monoisotopic (exact) mass is 522 g/mol. The Hall–Kier alpha value is -2.19. The lowest BCUT2D eigenvalue weighted by atomic mass is 10.0. The highest BCUT2D eigenvalue weighted by Crippen LogP contribution is 2.38. The van der Waals surface area contributed by atoms with Crippen molar-refractivity contribution in [3.63, 3.8) is 0 Å². The van der Waals surface area contributed by atoms with Gasteiger partial charge >= 0.3 is 12.1 Å². The van der Waals surface area contributed by atoms with Gasteiger partial charge in [0.1, 0.15) is 16.2 Å². The molecule has 13 heteroatoms. The molecule has 1 atom stereocenters. The van der Waals surface area contributed by atoms with E-state index in [4.69, 9.17) is 19.4 Å². The Balaban J connectivity index is 0.000000406. The minimum Gasteiger partial charge on any atom is -0.483 e. The van der Waals surface area contributed by atoms with Crippen LogP contribution in [0.5, 0.6) is 5.75 Å². The molecule has 188 valence electrons. The molecular weight excluding hydrogens is 497 g/mol. The zero-order valence-corrected chi connectivity index (χ0v) is 20.0. The van der Waals surface area contributed by atoms with Gasteiger partial charge in [0, 0.05) is 39.7 Å². The fourth-order valence-electron chi connectivity index (χ4n) is 3.87. The Bertz CT molecular complexity index is 1080. The number of alkyl halides is 3. The third-order valence-electron chi connectivity index (χ3n) is 5.43. The van der Waals surface area contributed by atoms with E-state index in [9.17, 15) is 21.6 Å². The summed E-state index contributed by atoms with van der Waals surface area (Å²) < 4.78 is 71.2. The molecule has 8 nitrogen and oxygen atoms in total. The molecule has 1 N–H and O–H groups in total. The predicted molar refractivity (Wildman–Crippen MR) is 118 cm³/mol. The van der Waals surface area contributed by atoms with Gasteiger partial charge in [-0.2, -0.15) is 28.8 Å². The topological polar surface area (TPSA) is 96.4 Å². The minimum absolute atomic E-state index is 0.245. The molecule has 1 spiro atoms. The first-order chi connectivity index (χ1) is 16.0. The molecule has 1 aromatic carbocycles. The number of hydrogen-bond donors (Lipinski definition) is 1. The van der Waals surface area contributed by atoms with Crippen molar-refractivity contribution in [1.82, 2.24) is 9.21 Å². The van der Waals surface area contributed by atoms with Crippen LogP contribution in [0.3, 0.4) is 0 Å². The number of halogens is 3. The Kier molecular flexibility index (Phi) is 8.24. The number of sulfonamides is 1. The normalized spacial score (nSPS) is 22.4. The average molecular weight is 523 g/mol. The zero-order chi connectivity index (χ0) is 25.0. The summed E-state index contributed by atoms with van der Waals surface area (Å²) in [4.78, 5) is 11.5. The maximum Gasteiger partial charge on any atom is 0.490 e. The number of aliphatic carboxylic acids is 1. The van der Waals surface area contributed by atoms with E-state index in [-0.39, 0.29) is 4.90 Å². The Labute approximate surface area is 199 Å². The molecular formula is C21H25F3N2O6S2. The van der Waals surface area contributed by atoms with Crippen LogP contribution in [0.4, 0.5) is 13.2 Å². The van der Waals surface area contributed by atoms with Crippen molar-refractivity contribution in [3.05, 3.63) is 46.7 Å². The molecule has 0 amide bonds. The van der Waals surface area contributed by atoms with Gasteiger partial charge in [-0.05, 0) is 34.5 Å². The molecule has 2 aromatic rings. The number of thiophene rings is 1. The van der Waals surface area contributed by atoms with E-state index in [2.05, 4.69) is 21.7 Å². The van der Waals surface area contributed by atoms with E-state index in [1.165, 1.54) is 9.87 Å². The van der Waals surface area contributed by atoms with Crippen LogP contribution >= 0.6 is 11.3 Å². The van der Waals surface area contributed by atoms with Crippen LogP contribution in [-0.2, 0) is 26.1 Å². The molecule has 1 fully saturated rings. The molecule has 34 heavy (non-hydrogen) atoms. The number of nitrogens with zero attached hydrogens (tertiary/aromatic N) is 2. The van der Waals surface area contributed by atoms with Crippen molar-refractivity contribution < 1.29 is 41.0 Å². The SMILES string of the molecule is COCCN1CC2(CCN(Cc3ccsc3)C2)Oc2ccccc2S1(=O)=O.O=C(O)C(F)(F)F. The number of benzene rings is 1. The third-order valence-corrected chi connectivity index (χ3v) is 8.04. The molecule has 1 saturated heterocycles. The third kappa shape index (κ3) is 6.27. The van der Waals surface area contributed by atoms with Gasteiger partial charge in [0.15, 0.2) is 0 Å². The van der Waals surface area contributed by atoms with Crippen molar-refractivity contribution in [3.8, 4) is 5.75 Å². The number of para-hydroxylation sites is 1. The van der Waals surface area contributed by atoms with Crippen molar-refractivity contribution >= 4 is 27.3 Å². The highest BCUT2D eigenvalue weighted by molar-refractivity contribution is 7.89. The number of fused-ring (bicyclic) bond motifs is 1. The van der Waals surface area contributed by atoms with Crippen molar-refractivity contribution in [2.45, 2.75) is 29.6 Å². The number of rotatable bonds is 5. The Morgan fingerprint density at radius 1 is 1.26 bits per heavy atom. The molecule has 1 unspecified atom stereocenters. The van der Waals surface area contributed by atoms with Gasteiger partial charge in [0.25, 0.3) is 0 Å². The van der Waals surface area contributed by atoms with Crippen molar-refractivity contribution in [2.24, 2.45) is 0 Å². The summed E-state index contributed by atoms with van der Waals surface area (Å²) in [6.07, 6.45) is -4.29. The van der Waals surface area contributed by atoms with E-state index >= 15 is 0 Å². The molecule has 2 aliphatic rings. The summed E-state index contributed by atoms with van der Waals surface area (Å²) in [6.45, 7) is 3.47. The molecule has 4 rings (SSSR count). The van der Waals surface area contributed by atoms with Crippen LogP contribution in [0.25, 0.3) is 0 Å². The molecule has 1 aromatic heterocycles. The van der Waals surface area contributed by atoms with E-state index in [0.29, 0.717) is 32.0 Å². The second kappa shape index (κ2) is 10.6. The van der Waals surface area contributed by atoms with Crippen LogP contribution in [-0.4, -0.2) is 80.4 Å². The summed E-state index contributed by atoms with van der Waals surface area (Å²) in [6, 6.07) is 9.08. The first-order valence-electron chi connectivity index (χ1n) is 10.3. The summed E-state index contributed by atoms with van der Waals surface area (Å²) in [7, 11) is -2.02. The van der Waals surface area contributed by atoms with Gasteiger partial charge < -0.3 is 14.6 Å².